The van der Waals surface area contributed by atoms with Gasteiger partial charge in [-0.3, -0.25) is 4.79 Å². The van der Waals surface area contributed by atoms with Gasteiger partial charge in [-0.2, -0.15) is 4.31 Å². The number of hydrogen-bond donors (Lipinski definition) is 0. The van der Waals surface area contributed by atoms with Gasteiger partial charge in [-0.25, -0.2) is 8.42 Å². The molecule has 5 nitrogen and oxygen atoms in total. The van der Waals surface area contributed by atoms with Crippen molar-refractivity contribution >= 4 is 21.6 Å². The van der Waals surface area contributed by atoms with Crippen molar-refractivity contribution in [1.29, 1.82) is 0 Å². The number of carbonyl (C=O) groups is 1. The fourth-order valence-electron chi connectivity index (χ4n) is 3.25. The summed E-state index contributed by atoms with van der Waals surface area (Å²) in [6.07, 6.45) is 4.35. The molecule has 2 aliphatic rings. The molecule has 1 amide bonds. The third kappa shape index (κ3) is 3.43. The van der Waals surface area contributed by atoms with Crippen LogP contribution in [0.15, 0.2) is 29.2 Å². The van der Waals surface area contributed by atoms with Gasteiger partial charge in [0.1, 0.15) is 0 Å². The predicted molar refractivity (Wildman–Crippen MR) is 89.8 cm³/mol. The zero-order valence-corrected chi connectivity index (χ0v) is 14.4. The molecule has 6 heteroatoms. The van der Waals surface area contributed by atoms with E-state index in [2.05, 4.69) is 6.92 Å². The van der Waals surface area contributed by atoms with Crippen LogP contribution in [-0.4, -0.2) is 38.3 Å². The van der Waals surface area contributed by atoms with Gasteiger partial charge in [0.2, 0.25) is 15.9 Å². The van der Waals surface area contributed by atoms with Crippen LogP contribution in [0, 0.1) is 5.92 Å². The van der Waals surface area contributed by atoms with Crippen LogP contribution in [0.1, 0.15) is 39.0 Å². The molecule has 2 aliphatic heterocycles. The van der Waals surface area contributed by atoms with Crippen molar-refractivity contribution < 1.29 is 13.2 Å². The molecule has 0 spiro atoms. The molecule has 126 valence electrons. The molecule has 1 aromatic rings. The molecule has 23 heavy (non-hydrogen) atoms. The minimum atomic E-state index is -3.42. The molecule has 0 unspecified atom stereocenters. The predicted octanol–water partition coefficient (Wildman–Crippen LogP) is 2.62. The minimum Gasteiger partial charge on any atom is -0.312 e. The highest BCUT2D eigenvalue weighted by Gasteiger charge is 2.28. The highest BCUT2D eigenvalue weighted by atomic mass is 32.2. The summed E-state index contributed by atoms with van der Waals surface area (Å²) in [6, 6.07) is 6.76. The molecule has 0 aliphatic carbocycles. The molecule has 2 heterocycles. The van der Waals surface area contributed by atoms with E-state index >= 15 is 0 Å². The fourth-order valence-corrected chi connectivity index (χ4v) is 4.72. The molecular formula is C17H24N2O3S. The summed E-state index contributed by atoms with van der Waals surface area (Å²) in [7, 11) is -3.42. The highest BCUT2D eigenvalue weighted by molar-refractivity contribution is 7.89. The number of piperidine rings is 2. The van der Waals surface area contributed by atoms with Crippen LogP contribution in [0.25, 0.3) is 0 Å². The first-order valence-electron chi connectivity index (χ1n) is 8.39. The van der Waals surface area contributed by atoms with Gasteiger partial charge in [-0.05, 0) is 55.9 Å². The fraction of sp³-hybridized carbons (Fsp3) is 0.588. The second kappa shape index (κ2) is 6.61. The van der Waals surface area contributed by atoms with Crippen LogP contribution in [0.4, 0.5) is 5.69 Å². The monoisotopic (exact) mass is 336 g/mol. The van der Waals surface area contributed by atoms with E-state index < -0.39 is 10.0 Å². The maximum absolute atomic E-state index is 12.7. The molecule has 2 fully saturated rings. The van der Waals surface area contributed by atoms with Crippen molar-refractivity contribution in [3.63, 3.8) is 0 Å². The van der Waals surface area contributed by atoms with E-state index in [-0.39, 0.29) is 5.91 Å². The lowest BCUT2D eigenvalue weighted by Gasteiger charge is -2.30. The first-order valence-corrected chi connectivity index (χ1v) is 9.83. The lowest BCUT2D eigenvalue weighted by atomic mass is 10.0. The Morgan fingerprint density at radius 3 is 2.26 bits per heavy atom. The Kier molecular flexibility index (Phi) is 4.73. The van der Waals surface area contributed by atoms with Gasteiger partial charge < -0.3 is 4.90 Å². The highest BCUT2D eigenvalue weighted by Crippen LogP contribution is 2.26. The van der Waals surface area contributed by atoms with Gasteiger partial charge in [-0.1, -0.05) is 6.92 Å². The number of sulfonamides is 1. The van der Waals surface area contributed by atoms with Crippen LogP contribution >= 0.6 is 0 Å². The standard InChI is InChI=1S/C17H24N2O3S/c1-14-9-12-18(13-10-14)23(21,22)16-7-5-15(6-8-16)19-11-3-2-4-17(19)20/h5-8,14H,2-4,9-13H2,1H3. The van der Waals surface area contributed by atoms with E-state index in [1.54, 1.807) is 33.5 Å². The quantitative estimate of drug-likeness (QED) is 0.852. The number of nitrogens with zero attached hydrogens (tertiary/aromatic N) is 2. The summed E-state index contributed by atoms with van der Waals surface area (Å²) in [6.45, 7) is 4.06. The molecule has 0 atom stereocenters. The van der Waals surface area contributed by atoms with Crippen LogP contribution in [-0.2, 0) is 14.8 Å². The largest absolute Gasteiger partial charge is 0.312 e. The van der Waals surface area contributed by atoms with Gasteiger partial charge in [0, 0.05) is 31.7 Å². The lowest BCUT2D eigenvalue weighted by molar-refractivity contribution is -0.119. The molecule has 0 N–H and O–H groups in total. The SMILES string of the molecule is CC1CCN(S(=O)(=O)c2ccc(N3CCCCC3=O)cc2)CC1. The Labute approximate surface area is 138 Å². The van der Waals surface area contributed by atoms with Crippen molar-refractivity contribution in [2.24, 2.45) is 5.92 Å². The second-order valence-electron chi connectivity index (χ2n) is 6.58. The molecular weight excluding hydrogens is 312 g/mol. The Bertz CT molecular complexity index is 662. The Morgan fingerprint density at radius 2 is 1.65 bits per heavy atom. The van der Waals surface area contributed by atoms with E-state index in [4.69, 9.17) is 0 Å². The normalized spacial score (nSPS) is 21.6. The van der Waals surface area contributed by atoms with Crippen LogP contribution < -0.4 is 4.90 Å². The molecule has 0 radical (unpaired) electrons. The second-order valence-corrected chi connectivity index (χ2v) is 8.52. The average molecular weight is 336 g/mol. The lowest BCUT2D eigenvalue weighted by Crippen LogP contribution is -2.38. The maximum atomic E-state index is 12.7. The van der Waals surface area contributed by atoms with Crippen LogP contribution in [0.2, 0.25) is 0 Å². The number of anilines is 1. The molecule has 3 rings (SSSR count). The summed E-state index contributed by atoms with van der Waals surface area (Å²) in [4.78, 5) is 14.0. The Hall–Kier alpha value is -1.40. The van der Waals surface area contributed by atoms with E-state index in [9.17, 15) is 13.2 Å². The summed E-state index contributed by atoms with van der Waals surface area (Å²) in [5.41, 5.74) is 0.793. The van der Waals surface area contributed by atoms with E-state index in [1.807, 2.05) is 0 Å². The minimum absolute atomic E-state index is 0.122. The number of hydrogen-bond acceptors (Lipinski definition) is 3. The van der Waals surface area contributed by atoms with Crippen molar-refractivity contribution in [3.05, 3.63) is 24.3 Å². The smallest absolute Gasteiger partial charge is 0.243 e. The Morgan fingerprint density at radius 1 is 1.00 bits per heavy atom. The van der Waals surface area contributed by atoms with E-state index in [0.717, 1.165) is 37.9 Å². The summed E-state index contributed by atoms with van der Waals surface area (Å²) in [5, 5.41) is 0. The number of amides is 1. The maximum Gasteiger partial charge on any atom is 0.243 e. The number of benzene rings is 1. The number of rotatable bonds is 3. The zero-order chi connectivity index (χ0) is 16.4. The third-order valence-electron chi connectivity index (χ3n) is 4.85. The van der Waals surface area contributed by atoms with Crippen molar-refractivity contribution in [2.75, 3.05) is 24.5 Å². The van der Waals surface area contributed by atoms with Gasteiger partial charge in [-0.15, -0.1) is 0 Å². The van der Waals surface area contributed by atoms with Crippen LogP contribution in [0.3, 0.4) is 0 Å². The van der Waals surface area contributed by atoms with Gasteiger partial charge in [0.05, 0.1) is 4.90 Å². The number of carbonyl (C=O) groups excluding carboxylic acids is 1. The zero-order valence-electron chi connectivity index (χ0n) is 13.6. The molecule has 0 saturated carbocycles. The first-order chi connectivity index (χ1) is 11.0. The molecule has 1 aromatic carbocycles. The topological polar surface area (TPSA) is 57.7 Å². The van der Waals surface area contributed by atoms with E-state index in [1.165, 1.54) is 0 Å². The van der Waals surface area contributed by atoms with Gasteiger partial charge >= 0.3 is 0 Å². The molecule has 0 bridgehead atoms. The summed E-state index contributed by atoms with van der Waals surface area (Å²) < 4.78 is 27.0. The Balaban J connectivity index is 1.77. The molecule has 2 saturated heterocycles. The van der Waals surface area contributed by atoms with E-state index in [0.29, 0.717) is 30.3 Å². The van der Waals surface area contributed by atoms with Crippen molar-refractivity contribution in [3.8, 4) is 0 Å². The van der Waals surface area contributed by atoms with Crippen molar-refractivity contribution in [1.82, 2.24) is 4.31 Å². The average Bonchev–Trinajstić information content (AvgIpc) is 2.56. The molecule has 0 aromatic heterocycles. The third-order valence-corrected chi connectivity index (χ3v) is 6.77. The first kappa shape index (κ1) is 16.5. The van der Waals surface area contributed by atoms with Gasteiger partial charge in [0.25, 0.3) is 0 Å². The van der Waals surface area contributed by atoms with Crippen molar-refractivity contribution in [2.45, 2.75) is 43.9 Å². The van der Waals surface area contributed by atoms with Gasteiger partial charge in [0.15, 0.2) is 0 Å². The summed E-state index contributed by atoms with van der Waals surface area (Å²) in [5.74, 6) is 0.714. The summed E-state index contributed by atoms with van der Waals surface area (Å²) >= 11 is 0. The van der Waals surface area contributed by atoms with Crippen LogP contribution in [0.5, 0.6) is 0 Å².